The van der Waals surface area contributed by atoms with Gasteiger partial charge in [-0.1, -0.05) is 49.7 Å². The van der Waals surface area contributed by atoms with E-state index in [0.29, 0.717) is 47.1 Å². The lowest BCUT2D eigenvalue weighted by molar-refractivity contribution is -0.136. The second-order valence-electron chi connectivity index (χ2n) is 7.02. The average molecular weight is 424 g/mol. The van der Waals surface area contributed by atoms with Gasteiger partial charge in [0, 0.05) is 0 Å². The highest BCUT2D eigenvalue weighted by atomic mass is 16.5. The fourth-order valence-corrected chi connectivity index (χ4v) is 3.40. The molecule has 0 bridgehead atoms. The van der Waals surface area contributed by atoms with Crippen LogP contribution in [0.25, 0.3) is 5.70 Å². The molecule has 7 heteroatoms. The second-order valence-corrected chi connectivity index (χ2v) is 7.02. The lowest BCUT2D eigenvalue weighted by Gasteiger charge is -2.29. The number of hydrogen-bond donors (Lipinski definition) is 2. The fraction of sp³-hybridized carbons (Fsp3) is 0.333. The molecule has 2 aromatic carbocycles. The van der Waals surface area contributed by atoms with E-state index < -0.39 is 18.0 Å². The third kappa shape index (κ3) is 5.17. The lowest BCUT2D eigenvalue weighted by atomic mass is 9.92. The van der Waals surface area contributed by atoms with Crippen molar-refractivity contribution in [2.24, 2.45) is 0 Å². The van der Waals surface area contributed by atoms with Crippen LogP contribution in [0.1, 0.15) is 43.9 Å². The van der Waals surface area contributed by atoms with Crippen LogP contribution in [0.5, 0.6) is 11.5 Å². The van der Waals surface area contributed by atoms with Gasteiger partial charge in [0.15, 0.2) is 11.5 Å². The molecule has 1 aliphatic heterocycles. The molecule has 0 radical (unpaired) electrons. The third-order valence-electron chi connectivity index (χ3n) is 4.90. The van der Waals surface area contributed by atoms with Crippen molar-refractivity contribution in [1.82, 2.24) is 10.6 Å². The van der Waals surface area contributed by atoms with Gasteiger partial charge in [0.2, 0.25) is 0 Å². The first kappa shape index (κ1) is 22.2. The Morgan fingerprint density at radius 1 is 1.03 bits per heavy atom. The van der Waals surface area contributed by atoms with E-state index in [4.69, 9.17) is 14.2 Å². The number of carbonyl (C=O) groups excluding carboxylic acids is 2. The molecule has 1 heterocycles. The molecule has 164 valence electrons. The molecule has 2 N–H and O–H groups in total. The molecule has 0 fully saturated rings. The molecule has 0 saturated heterocycles. The van der Waals surface area contributed by atoms with Crippen molar-refractivity contribution < 1.29 is 23.8 Å². The molecule has 1 atom stereocenters. The minimum Gasteiger partial charge on any atom is -0.490 e. The molecule has 0 aliphatic carbocycles. The third-order valence-corrected chi connectivity index (χ3v) is 4.90. The summed E-state index contributed by atoms with van der Waals surface area (Å²) in [5.41, 5.74) is 2.14. The van der Waals surface area contributed by atoms with Crippen LogP contribution in [-0.4, -0.2) is 32.3 Å². The molecule has 1 aliphatic rings. The van der Waals surface area contributed by atoms with Crippen molar-refractivity contribution in [2.45, 2.75) is 32.7 Å². The highest BCUT2D eigenvalue weighted by Crippen LogP contribution is 2.36. The van der Waals surface area contributed by atoms with Crippen LogP contribution in [0.2, 0.25) is 0 Å². The Balaban J connectivity index is 2.07. The summed E-state index contributed by atoms with van der Waals surface area (Å²) in [5, 5.41) is 5.59. The van der Waals surface area contributed by atoms with Crippen molar-refractivity contribution >= 4 is 17.7 Å². The van der Waals surface area contributed by atoms with Crippen LogP contribution in [0.4, 0.5) is 4.79 Å². The summed E-state index contributed by atoms with van der Waals surface area (Å²) in [4.78, 5) is 25.2. The Hall–Kier alpha value is -3.48. The number of nitrogens with one attached hydrogen (secondary N) is 2. The Kier molecular flexibility index (Phi) is 7.54. The zero-order chi connectivity index (χ0) is 22.2. The molecule has 0 saturated carbocycles. The summed E-state index contributed by atoms with van der Waals surface area (Å²) in [6.45, 7) is 5.04. The standard InChI is InChI=1S/C24H28N2O5/c1-4-6-14-31-18-13-12-17(15-19(18)30-5-2)22-20(23(27)29-3)21(25-24(28)26-22)16-10-8-7-9-11-16/h7-13,15,22H,4-6,14H2,1-3H3,(H2,25,26,28). The first-order valence-corrected chi connectivity index (χ1v) is 10.4. The topological polar surface area (TPSA) is 85.9 Å². The maximum absolute atomic E-state index is 12.8. The number of esters is 1. The van der Waals surface area contributed by atoms with Gasteiger partial charge < -0.3 is 24.8 Å². The van der Waals surface area contributed by atoms with Crippen LogP contribution < -0.4 is 20.1 Å². The Morgan fingerprint density at radius 3 is 2.48 bits per heavy atom. The molecule has 3 rings (SSSR count). The van der Waals surface area contributed by atoms with Gasteiger partial charge in [-0.15, -0.1) is 0 Å². The quantitative estimate of drug-likeness (QED) is 0.465. The molecule has 0 aromatic heterocycles. The van der Waals surface area contributed by atoms with E-state index in [1.165, 1.54) is 7.11 Å². The summed E-state index contributed by atoms with van der Waals surface area (Å²) >= 11 is 0. The Bertz CT molecular complexity index is 956. The number of hydrogen-bond acceptors (Lipinski definition) is 5. The fourth-order valence-electron chi connectivity index (χ4n) is 3.40. The minimum absolute atomic E-state index is 0.315. The predicted octanol–water partition coefficient (Wildman–Crippen LogP) is 4.20. The van der Waals surface area contributed by atoms with E-state index in [1.54, 1.807) is 12.1 Å². The number of benzene rings is 2. The zero-order valence-electron chi connectivity index (χ0n) is 18.1. The van der Waals surface area contributed by atoms with Gasteiger partial charge in [0.25, 0.3) is 0 Å². The smallest absolute Gasteiger partial charge is 0.338 e. The van der Waals surface area contributed by atoms with Crippen molar-refractivity contribution in [2.75, 3.05) is 20.3 Å². The zero-order valence-corrected chi connectivity index (χ0v) is 18.1. The van der Waals surface area contributed by atoms with Gasteiger partial charge in [-0.3, -0.25) is 0 Å². The number of carbonyl (C=O) groups is 2. The molecule has 31 heavy (non-hydrogen) atoms. The molecular weight excluding hydrogens is 396 g/mol. The monoisotopic (exact) mass is 424 g/mol. The van der Waals surface area contributed by atoms with Crippen LogP contribution in [0.3, 0.4) is 0 Å². The number of rotatable bonds is 9. The van der Waals surface area contributed by atoms with Crippen LogP contribution in [0.15, 0.2) is 54.1 Å². The van der Waals surface area contributed by atoms with Gasteiger partial charge in [-0.05, 0) is 36.6 Å². The number of unbranched alkanes of at least 4 members (excludes halogenated alkanes) is 1. The number of amides is 2. The number of urea groups is 1. The molecule has 2 amide bonds. The first-order valence-electron chi connectivity index (χ1n) is 10.4. The summed E-state index contributed by atoms with van der Waals surface area (Å²) in [6.07, 6.45) is 1.96. The van der Waals surface area contributed by atoms with E-state index >= 15 is 0 Å². The summed E-state index contributed by atoms with van der Waals surface area (Å²) in [6, 6.07) is 13.5. The van der Waals surface area contributed by atoms with Gasteiger partial charge in [0.1, 0.15) is 0 Å². The molecule has 0 spiro atoms. The van der Waals surface area contributed by atoms with E-state index in [-0.39, 0.29) is 0 Å². The van der Waals surface area contributed by atoms with E-state index in [1.807, 2.05) is 43.3 Å². The second kappa shape index (κ2) is 10.5. The van der Waals surface area contributed by atoms with Crippen LogP contribution in [-0.2, 0) is 9.53 Å². The summed E-state index contributed by atoms with van der Waals surface area (Å²) in [7, 11) is 1.32. The van der Waals surface area contributed by atoms with Crippen molar-refractivity contribution in [3.05, 3.63) is 65.2 Å². The summed E-state index contributed by atoms with van der Waals surface area (Å²) < 4.78 is 16.7. The Morgan fingerprint density at radius 2 is 1.81 bits per heavy atom. The maximum atomic E-state index is 12.8. The first-order chi connectivity index (χ1) is 15.1. The SMILES string of the molecule is CCCCOc1ccc(C2NC(=O)NC(c3ccccc3)=C2C(=O)OC)cc1OCC. The van der Waals surface area contributed by atoms with Crippen molar-refractivity contribution in [3.8, 4) is 11.5 Å². The van der Waals surface area contributed by atoms with E-state index in [0.717, 1.165) is 12.8 Å². The molecule has 1 unspecified atom stereocenters. The molecule has 2 aromatic rings. The van der Waals surface area contributed by atoms with E-state index in [9.17, 15) is 9.59 Å². The van der Waals surface area contributed by atoms with Gasteiger partial charge >= 0.3 is 12.0 Å². The van der Waals surface area contributed by atoms with Crippen molar-refractivity contribution in [1.29, 1.82) is 0 Å². The number of methoxy groups -OCH3 is 1. The van der Waals surface area contributed by atoms with Gasteiger partial charge in [0.05, 0.1) is 37.6 Å². The van der Waals surface area contributed by atoms with Crippen LogP contribution in [0, 0.1) is 0 Å². The Labute approximate surface area is 182 Å². The number of ether oxygens (including phenoxy) is 3. The molecule has 7 nitrogen and oxygen atoms in total. The largest absolute Gasteiger partial charge is 0.490 e. The highest BCUT2D eigenvalue weighted by Gasteiger charge is 2.34. The van der Waals surface area contributed by atoms with E-state index in [2.05, 4.69) is 17.6 Å². The predicted molar refractivity (Wildman–Crippen MR) is 118 cm³/mol. The van der Waals surface area contributed by atoms with Gasteiger partial charge in [-0.2, -0.15) is 0 Å². The van der Waals surface area contributed by atoms with Crippen molar-refractivity contribution in [3.63, 3.8) is 0 Å². The maximum Gasteiger partial charge on any atom is 0.338 e. The highest BCUT2D eigenvalue weighted by molar-refractivity contribution is 6.04. The average Bonchev–Trinajstić information content (AvgIpc) is 2.80. The minimum atomic E-state index is -0.708. The summed E-state index contributed by atoms with van der Waals surface area (Å²) in [5.74, 6) is 0.665. The molecular formula is C24H28N2O5. The van der Waals surface area contributed by atoms with Crippen LogP contribution >= 0.6 is 0 Å². The lowest BCUT2D eigenvalue weighted by Crippen LogP contribution is -2.45. The van der Waals surface area contributed by atoms with Gasteiger partial charge in [-0.25, -0.2) is 9.59 Å². The normalized spacial score (nSPS) is 15.7.